The molecule has 0 spiro atoms. The predicted molar refractivity (Wildman–Crippen MR) is 100 cm³/mol. The molecule has 0 aromatic heterocycles. The minimum absolute atomic E-state index is 0.0740. The van der Waals surface area contributed by atoms with E-state index in [1.54, 1.807) is 6.92 Å². The highest BCUT2D eigenvalue weighted by atomic mass is 16.5. The molecule has 0 aromatic carbocycles. The summed E-state index contributed by atoms with van der Waals surface area (Å²) in [4.78, 5) is 40.4. The molecule has 0 unspecified atom stereocenters. The number of amides is 2. The van der Waals surface area contributed by atoms with Crippen molar-refractivity contribution in [2.45, 2.75) is 59.2 Å². The maximum atomic E-state index is 13.4. The van der Waals surface area contributed by atoms with Crippen LogP contribution in [-0.2, 0) is 19.1 Å². The van der Waals surface area contributed by atoms with Crippen LogP contribution in [0, 0.1) is 23.7 Å². The molecule has 1 aliphatic carbocycles. The van der Waals surface area contributed by atoms with E-state index in [2.05, 4.69) is 5.32 Å². The number of hydrogen-bond donors (Lipinski definition) is 2. The molecule has 0 bridgehead atoms. The number of carbonyl (C=O) groups is 3. The normalized spacial score (nSPS) is 31.0. The molecule has 7 heteroatoms. The molecular formula is C20H32N2O5. The monoisotopic (exact) mass is 380 g/mol. The van der Waals surface area contributed by atoms with E-state index in [1.165, 1.54) is 4.90 Å². The Labute approximate surface area is 161 Å². The molecule has 152 valence electrons. The van der Waals surface area contributed by atoms with Crippen molar-refractivity contribution >= 4 is 17.8 Å². The summed E-state index contributed by atoms with van der Waals surface area (Å²) in [6, 6.07) is -1.27. The van der Waals surface area contributed by atoms with E-state index < -0.39 is 35.8 Å². The Morgan fingerprint density at radius 3 is 2.48 bits per heavy atom. The quantitative estimate of drug-likeness (QED) is 0.510. The number of fused-ring (bicyclic) bond motifs is 1. The largest absolute Gasteiger partial charge is 0.466 e. The zero-order chi connectivity index (χ0) is 20.3. The number of rotatable bonds is 7. The van der Waals surface area contributed by atoms with Crippen LogP contribution in [0.15, 0.2) is 12.2 Å². The van der Waals surface area contributed by atoms with Gasteiger partial charge in [-0.3, -0.25) is 14.4 Å². The van der Waals surface area contributed by atoms with E-state index >= 15 is 0 Å². The first-order chi connectivity index (χ1) is 12.8. The van der Waals surface area contributed by atoms with Crippen molar-refractivity contribution in [2.75, 3.05) is 13.2 Å². The number of nitrogens with one attached hydrogen (secondary N) is 1. The van der Waals surface area contributed by atoms with Crippen LogP contribution in [0.5, 0.6) is 0 Å². The molecule has 1 fully saturated rings. The summed E-state index contributed by atoms with van der Waals surface area (Å²) in [5, 5.41) is 12.7. The van der Waals surface area contributed by atoms with Gasteiger partial charge in [0, 0.05) is 12.0 Å². The zero-order valence-corrected chi connectivity index (χ0v) is 16.8. The number of hydrogen-bond acceptors (Lipinski definition) is 5. The maximum absolute atomic E-state index is 13.4. The molecule has 0 aromatic rings. The van der Waals surface area contributed by atoms with Gasteiger partial charge in [0.1, 0.15) is 6.04 Å². The second-order valence-corrected chi connectivity index (χ2v) is 7.72. The topological polar surface area (TPSA) is 95.9 Å². The smallest absolute Gasteiger partial charge is 0.310 e. The third-order valence-electron chi connectivity index (χ3n) is 5.54. The molecule has 2 rings (SSSR count). The first-order valence-electron chi connectivity index (χ1n) is 9.86. The Hall–Kier alpha value is -1.89. The van der Waals surface area contributed by atoms with Crippen LogP contribution in [0.4, 0.5) is 0 Å². The third kappa shape index (κ3) is 4.03. The second kappa shape index (κ2) is 8.87. The van der Waals surface area contributed by atoms with Crippen LogP contribution in [0.2, 0.25) is 0 Å². The lowest BCUT2D eigenvalue weighted by molar-refractivity contribution is -0.155. The van der Waals surface area contributed by atoms with Crippen molar-refractivity contribution in [2.24, 2.45) is 23.7 Å². The van der Waals surface area contributed by atoms with E-state index in [4.69, 9.17) is 4.74 Å². The zero-order valence-electron chi connectivity index (χ0n) is 16.8. The highest BCUT2D eigenvalue weighted by Crippen LogP contribution is 2.45. The number of esters is 1. The van der Waals surface area contributed by atoms with Crippen molar-refractivity contribution in [3.05, 3.63) is 12.2 Å². The van der Waals surface area contributed by atoms with Crippen LogP contribution in [0.25, 0.3) is 0 Å². The molecule has 7 nitrogen and oxygen atoms in total. The van der Waals surface area contributed by atoms with Gasteiger partial charge in [-0.05, 0) is 33.1 Å². The molecule has 2 aliphatic rings. The van der Waals surface area contributed by atoms with Crippen LogP contribution >= 0.6 is 0 Å². The van der Waals surface area contributed by atoms with Gasteiger partial charge in [0.25, 0.3) is 0 Å². The lowest BCUT2D eigenvalue weighted by atomic mass is 9.70. The number of likely N-dealkylation sites (tertiary alicyclic amines) is 1. The summed E-state index contributed by atoms with van der Waals surface area (Å²) in [6.07, 6.45) is 4.31. The number of allylic oxidation sites excluding steroid dienone is 1. The minimum Gasteiger partial charge on any atom is -0.466 e. The Kier molecular flexibility index (Phi) is 7.03. The summed E-state index contributed by atoms with van der Waals surface area (Å²) in [5.74, 6) is -2.74. The molecular weight excluding hydrogens is 348 g/mol. The van der Waals surface area contributed by atoms with E-state index in [-0.39, 0.29) is 37.0 Å². The van der Waals surface area contributed by atoms with E-state index in [0.29, 0.717) is 6.42 Å². The number of carbonyl (C=O) groups excluding carboxylic acids is 3. The van der Waals surface area contributed by atoms with Gasteiger partial charge >= 0.3 is 5.97 Å². The molecule has 2 amide bonds. The predicted octanol–water partition coefficient (Wildman–Crippen LogP) is 1.11. The van der Waals surface area contributed by atoms with Crippen LogP contribution < -0.4 is 5.32 Å². The van der Waals surface area contributed by atoms with Gasteiger partial charge in [-0.25, -0.2) is 0 Å². The molecule has 6 atom stereocenters. The van der Waals surface area contributed by atoms with Crippen LogP contribution in [0.1, 0.15) is 41.0 Å². The molecule has 1 aliphatic heterocycles. The average Bonchev–Trinajstić information content (AvgIpc) is 2.89. The van der Waals surface area contributed by atoms with Crippen molar-refractivity contribution in [3.8, 4) is 0 Å². The van der Waals surface area contributed by atoms with Gasteiger partial charge in [-0.2, -0.15) is 0 Å². The number of nitrogens with zero attached hydrogens (tertiary/aromatic N) is 1. The van der Waals surface area contributed by atoms with E-state index in [0.717, 1.165) is 0 Å². The third-order valence-corrected chi connectivity index (χ3v) is 5.54. The van der Waals surface area contributed by atoms with Crippen LogP contribution in [0.3, 0.4) is 0 Å². The Bertz CT molecular complexity index is 599. The van der Waals surface area contributed by atoms with Crippen molar-refractivity contribution < 1.29 is 24.2 Å². The summed E-state index contributed by atoms with van der Waals surface area (Å²) < 4.78 is 5.22. The van der Waals surface area contributed by atoms with Crippen molar-refractivity contribution in [1.29, 1.82) is 0 Å². The summed E-state index contributed by atoms with van der Waals surface area (Å²) in [6.45, 7) is 9.23. The van der Waals surface area contributed by atoms with E-state index in [9.17, 15) is 19.5 Å². The van der Waals surface area contributed by atoms with Gasteiger partial charge in [-0.15, -0.1) is 0 Å². The molecule has 0 saturated carbocycles. The molecule has 27 heavy (non-hydrogen) atoms. The standard InChI is InChI=1S/C20H32N2O5/c1-6-13(10-23)22-17(18(24)21-11(3)4)14-9-8-12(5)15(16(14)19(22)25)20(26)27-7-2/h8-9,11-17,23H,6-7,10H2,1-5H3,(H,21,24)/t12-,13+,14+,15-,16+,17+/m1/s1. The van der Waals surface area contributed by atoms with Gasteiger partial charge in [0.2, 0.25) is 11.8 Å². The fraction of sp³-hybridized carbons (Fsp3) is 0.750. The summed E-state index contributed by atoms with van der Waals surface area (Å²) >= 11 is 0. The fourth-order valence-electron chi connectivity index (χ4n) is 4.32. The van der Waals surface area contributed by atoms with Gasteiger partial charge < -0.3 is 20.1 Å². The first kappa shape index (κ1) is 21.4. The maximum Gasteiger partial charge on any atom is 0.310 e. The Balaban J connectivity index is 2.48. The van der Waals surface area contributed by atoms with E-state index in [1.807, 2.05) is 39.8 Å². The lowest BCUT2D eigenvalue weighted by Gasteiger charge is -2.33. The average molecular weight is 380 g/mol. The Morgan fingerprint density at radius 1 is 1.30 bits per heavy atom. The van der Waals surface area contributed by atoms with Gasteiger partial charge in [0.15, 0.2) is 0 Å². The van der Waals surface area contributed by atoms with Gasteiger partial charge in [-0.1, -0.05) is 26.0 Å². The highest BCUT2D eigenvalue weighted by Gasteiger charge is 2.58. The molecule has 2 N–H and O–H groups in total. The molecule has 1 heterocycles. The lowest BCUT2D eigenvalue weighted by Crippen LogP contribution is -2.53. The van der Waals surface area contributed by atoms with Gasteiger partial charge in [0.05, 0.1) is 31.1 Å². The Morgan fingerprint density at radius 2 is 1.96 bits per heavy atom. The SMILES string of the molecule is CCOC(=O)[C@H]1[C@H]2C(=O)N([C@@H](CC)CO)[C@H](C(=O)NC(C)C)[C@H]2C=C[C@H]1C. The summed E-state index contributed by atoms with van der Waals surface area (Å²) in [5.41, 5.74) is 0. The number of aliphatic hydroxyl groups is 1. The first-order valence-corrected chi connectivity index (χ1v) is 9.86. The minimum atomic E-state index is -0.734. The second-order valence-electron chi connectivity index (χ2n) is 7.72. The number of ether oxygens (including phenoxy) is 1. The highest BCUT2D eigenvalue weighted by molar-refractivity contribution is 5.96. The summed E-state index contributed by atoms with van der Waals surface area (Å²) in [7, 11) is 0. The van der Waals surface area contributed by atoms with Crippen molar-refractivity contribution in [3.63, 3.8) is 0 Å². The fourth-order valence-corrected chi connectivity index (χ4v) is 4.32. The number of aliphatic hydroxyl groups excluding tert-OH is 1. The molecule has 1 saturated heterocycles. The van der Waals surface area contributed by atoms with Crippen molar-refractivity contribution in [1.82, 2.24) is 10.2 Å². The van der Waals surface area contributed by atoms with Crippen LogP contribution in [-0.4, -0.2) is 59.1 Å². The molecule has 0 radical (unpaired) electrons.